The third-order valence-electron chi connectivity index (χ3n) is 4.45. The number of aromatic amines is 1. The van der Waals surface area contributed by atoms with Crippen LogP contribution in [0.4, 0.5) is 4.39 Å². The molecule has 0 aromatic carbocycles. The minimum absolute atomic E-state index is 0.0702. The Morgan fingerprint density at radius 3 is 2.72 bits per heavy atom. The van der Waals surface area contributed by atoms with Gasteiger partial charge in [-0.15, -0.1) is 0 Å². The summed E-state index contributed by atoms with van der Waals surface area (Å²) in [5, 5.41) is 7.10. The molecule has 1 saturated heterocycles. The van der Waals surface area contributed by atoms with E-state index < -0.39 is 0 Å². The van der Waals surface area contributed by atoms with Crippen LogP contribution in [0.3, 0.4) is 0 Å². The average molecular weight is 252 g/mol. The minimum atomic E-state index is -0.262. The Morgan fingerprint density at radius 1 is 1.33 bits per heavy atom. The van der Waals surface area contributed by atoms with Gasteiger partial charge < -0.3 is 0 Å². The van der Waals surface area contributed by atoms with Crippen molar-refractivity contribution >= 4 is 0 Å². The van der Waals surface area contributed by atoms with Gasteiger partial charge in [0.2, 0.25) is 0 Å². The monoisotopic (exact) mass is 252 g/mol. The lowest BCUT2D eigenvalue weighted by molar-refractivity contribution is 0.230. The highest BCUT2D eigenvalue weighted by Crippen LogP contribution is 2.35. The van der Waals surface area contributed by atoms with Crippen molar-refractivity contribution in [3.05, 3.63) is 11.6 Å². The van der Waals surface area contributed by atoms with Gasteiger partial charge >= 0.3 is 0 Å². The van der Waals surface area contributed by atoms with Gasteiger partial charge in [-0.2, -0.15) is 5.10 Å². The molecule has 2 fully saturated rings. The van der Waals surface area contributed by atoms with E-state index in [9.17, 15) is 4.39 Å². The van der Waals surface area contributed by atoms with Gasteiger partial charge in [0.05, 0.1) is 6.67 Å². The molecule has 1 aliphatic carbocycles. The molecule has 2 aliphatic rings. The molecule has 0 bridgehead atoms. The van der Waals surface area contributed by atoms with Crippen LogP contribution in [0.25, 0.3) is 0 Å². The smallest absolute Gasteiger partial charge is 0.155 e. The number of halogens is 1. The summed E-state index contributed by atoms with van der Waals surface area (Å²) in [6.07, 6.45) is 5.20. The maximum Gasteiger partial charge on any atom is 0.155 e. The van der Waals surface area contributed by atoms with Gasteiger partial charge in [0.1, 0.15) is 5.82 Å². The molecule has 1 aromatic rings. The first kappa shape index (κ1) is 12.1. The molecule has 1 N–H and O–H groups in total. The maximum absolute atomic E-state index is 13.2. The van der Waals surface area contributed by atoms with Crippen LogP contribution in [-0.4, -0.2) is 45.9 Å². The third kappa shape index (κ3) is 2.16. The first-order chi connectivity index (χ1) is 8.78. The molecule has 2 heterocycles. The minimum Gasteiger partial charge on any atom is -0.299 e. The van der Waals surface area contributed by atoms with Crippen molar-refractivity contribution in [1.82, 2.24) is 20.1 Å². The Labute approximate surface area is 107 Å². The second-order valence-corrected chi connectivity index (χ2v) is 5.69. The second-order valence-electron chi connectivity index (χ2n) is 5.69. The number of nitrogens with zero attached hydrogens (tertiary/aromatic N) is 3. The lowest BCUT2D eigenvalue weighted by atomic mass is 9.97. The van der Waals surface area contributed by atoms with Crippen LogP contribution >= 0.6 is 0 Å². The molecule has 1 aliphatic heterocycles. The van der Waals surface area contributed by atoms with E-state index in [4.69, 9.17) is 0 Å². The number of alkyl halides is 1. The van der Waals surface area contributed by atoms with E-state index in [-0.39, 0.29) is 18.5 Å². The zero-order valence-electron chi connectivity index (χ0n) is 10.9. The summed E-state index contributed by atoms with van der Waals surface area (Å²) >= 11 is 0. The molecule has 0 spiro atoms. The fourth-order valence-corrected chi connectivity index (χ4v) is 3.45. The van der Waals surface area contributed by atoms with Crippen molar-refractivity contribution in [2.45, 2.75) is 44.6 Å². The SMILES string of the molecule is Cc1nc([C@@H]2CN(C3CCCC3)C[C@H]2CF)n[nH]1. The molecular formula is C13H21FN4. The van der Waals surface area contributed by atoms with Gasteiger partial charge in [-0.3, -0.25) is 14.4 Å². The first-order valence-corrected chi connectivity index (χ1v) is 6.97. The van der Waals surface area contributed by atoms with Gasteiger partial charge in [-0.1, -0.05) is 12.8 Å². The highest BCUT2D eigenvalue weighted by atomic mass is 19.1. The lowest BCUT2D eigenvalue weighted by Gasteiger charge is -2.23. The Hall–Kier alpha value is -0.970. The van der Waals surface area contributed by atoms with Gasteiger partial charge in [-0.25, -0.2) is 4.98 Å². The molecule has 3 rings (SSSR count). The molecule has 5 heteroatoms. The molecule has 4 nitrogen and oxygen atoms in total. The fourth-order valence-electron chi connectivity index (χ4n) is 3.45. The van der Waals surface area contributed by atoms with Crippen LogP contribution < -0.4 is 0 Å². The zero-order chi connectivity index (χ0) is 12.5. The third-order valence-corrected chi connectivity index (χ3v) is 4.45. The normalized spacial score (nSPS) is 30.3. The predicted octanol–water partition coefficient (Wildman–Crippen LogP) is 2.04. The van der Waals surface area contributed by atoms with Crippen molar-refractivity contribution in [1.29, 1.82) is 0 Å². The van der Waals surface area contributed by atoms with Gasteiger partial charge in [-0.05, 0) is 19.8 Å². The lowest BCUT2D eigenvalue weighted by Crippen LogP contribution is -2.31. The molecular weight excluding hydrogens is 231 g/mol. The van der Waals surface area contributed by atoms with Crippen LogP contribution in [0, 0.1) is 12.8 Å². The second kappa shape index (κ2) is 4.96. The number of hydrogen-bond donors (Lipinski definition) is 1. The molecule has 100 valence electrons. The van der Waals surface area contributed by atoms with Crippen LogP contribution in [-0.2, 0) is 0 Å². The van der Waals surface area contributed by atoms with E-state index in [0.717, 1.165) is 24.7 Å². The van der Waals surface area contributed by atoms with Gasteiger partial charge in [0.25, 0.3) is 0 Å². The van der Waals surface area contributed by atoms with E-state index in [1.54, 1.807) is 0 Å². The quantitative estimate of drug-likeness (QED) is 0.895. The van der Waals surface area contributed by atoms with E-state index in [0.29, 0.717) is 6.04 Å². The van der Waals surface area contributed by atoms with Crippen molar-refractivity contribution in [2.24, 2.45) is 5.92 Å². The molecule has 18 heavy (non-hydrogen) atoms. The molecule has 0 unspecified atom stereocenters. The van der Waals surface area contributed by atoms with E-state index >= 15 is 0 Å². The van der Waals surface area contributed by atoms with E-state index in [1.165, 1.54) is 25.7 Å². The summed E-state index contributed by atoms with van der Waals surface area (Å²) in [4.78, 5) is 6.86. The Morgan fingerprint density at radius 2 is 2.11 bits per heavy atom. The average Bonchev–Trinajstić information content (AvgIpc) is 3.07. The first-order valence-electron chi connectivity index (χ1n) is 6.97. The van der Waals surface area contributed by atoms with Crippen molar-refractivity contribution in [3.63, 3.8) is 0 Å². The summed E-state index contributed by atoms with van der Waals surface area (Å²) in [6.45, 7) is 3.43. The maximum atomic E-state index is 13.2. The summed E-state index contributed by atoms with van der Waals surface area (Å²) in [5.74, 6) is 1.86. The molecule has 0 amide bonds. The van der Waals surface area contributed by atoms with Crippen molar-refractivity contribution in [3.8, 4) is 0 Å². The Kier molecular flexibility index (Phi) is 3.33. The summed E-state index contributed by atoms with van der Waals surface area (Å²) in [5.41, 5.74) is 0. The van der Waals surface area contributed by atoms with Gasteiger partial charge in [0.15, 0.2) is 5.82 Å². The Bertz CT molecular complexity index is 399. The summed E-state index contributed by atoms with van der Waals surface area (Å²) in [6, 6.07) is 0.670. The van der Waals surface area contributed by atoms with E-state index in [1.807, 2.05) is 6.92 Å². The zero-order valence-corrected chi connectivity index (χ0v) is 10.9. The number of H-pyrrole nitrogens is 1. The number of hydrogen-bond acceptors (Lipinski definition) is 3. The van der Waals surface area contributed by atoms with Crippen molar-refractivity contribution < 1.29 is 4.39 Å². The Balaban J connectivity index is 1.73. The number of nitrogens with one attached hydrogen (secondary N) is 1. The largest absolute Gasteiger partial charge is 0.299 e. The van der Waals surface area contributed by atoms with Crippen molar-refractivity contribution in [2.75, 3.05) is 19.8 Å². The molecule has 0 radical (unpaired) electrons. The molecule has 1 aromatic heterocycles. The van der Waals surface area contributed by atoms with E-state index in [2.05, 4.69) is 20.1 Å². The number of aromatic nitrogens is 3. The molecule has 2 atom stereocenters. The predicted molar refractivity (Wildman–Crippen MR) is 67.2 cm³/mol. The van der Waals surface area contributed by atoms with Crippen LogP contribution in [0.2, 0.25) is 0 Å². The van der Waals surface area contributed by atoms with Gasteiger partial charge in [0, 0.05) is 31.0 Å². The van der Waals surface area contributed by atoms with Crippen LogP contribution in [0.1, 0.15) is 43.3 Å². The number of aryl methyl sites for hydroxylation is 1. The fraction of sp³-hybridized carbons (Fsp3) is 0.846. The summed E-state index contributed by atoms with van der Waals surface area (Å²) < 4.78 is 13.2. The van der Waals surface area contributed by atoms with Crippen LogP contribution in [0.5, 0.6) is 0 Å². The number of likely N-dealkylation sites (tertiary alicyclic amines) is 1. The highest BCUT2D eigenvalue weighted by molar-refractivity contribution is 5.06. The topological polar surface area (TPSA) is 44.8 Å². The standard InChI is InChI=1S/C13H21FN4/c1-9-15-13(17-16-9)12-8-18(7-10(12)6-14)11-4-2-3-5-11/h10-12H,2-8H2,1H3,(H,15,16,17)/t10-,12-/m1/s1. The van der Waals surface area contributed by atoms with Crippen LogP contribution in [0.15, 0.2) is 0 Å². The highest BCUT2D eigenvalue weighted by Gasteiger charge is 2.39. The molecule has 1 saturated carbocycles. The summed E-state index contributed by atoms with van der Waals surface area (Å²) in [7, 11) is 0. The number of rotatable bonds is 3.